The third-order valence-electron chi connectivity index (χ3n) is 3.56. The third kappa shape index (κ3) is 4.61. The van der Waals surface area contributed by atoms with E-state index in [1.165, 1.54) is 0 Å². The summed E-state index contributed by atoms with van der Waals surface area (Å²) in [6.45, 7) is 2.19. The van der Waals surface area contributed by atoms with Crippen molar-refractivity contribution < 1.29 is 17.9 Å². The highest BCUT2D eigenvalue weighted by atomic mass is 35.5. The van der Waals surface area contributed by atoms with Crippen molar-refractivity contribution in [1.82, 2.24) is 5.32 Å². The fraction of sp³-hybridized carbons (Fsp3) is 0.533. The SMILES string of the molecule is CC(CS(C)(=O)=O)C(=O)NC1CCCOc2cc(Cl)ccc21. The largest absolute Gasteiger partial charge is 0.493 e. The zero-order chi connectivity index (χ0) is 16.3. The number of rotatable bonds is 4. The maximum Gasteiger partial charge on any atom is 0.224 e. The maximum atomic E-state index is 12.2. The van der Waals surface area contributed by atoms with Crippen molar-refractivity contribution in [2.45, 2.75) is 25.8 Å². The molecule has 1 aromatic carbocycles. The number of sulfone groups is 1. The zero-order valence-electron chi connectivity index (χ0n) is 12.6. The van der Waals surface area contributed by atoms with Crippen LogP contribution in [-0.4, -0.2) is 32.9 Å². The molecular weight excluding hydrogens is 326 g/mol. The molecule has 0 saturated carbocycles. The van der Waals surface area contributed by atoms with Gasteiger partial charge in [-0.15, -0.1) is 0 Å². The van der Waals surface area contributed by atoms with Crippen LogP contribution in [-0.2, 0) is 14.6 Å². The van der Waals surface area contributed by atoms with Gasteiger partial charge in [-0.25, -0.2) is 8.42 Å². The molecular formula is C15H20ClNO4S. The Balaban J connectivity index is 2.14. The standard InChI is InChI=1S/C15H20ClNO4S/c1-10(9-22(2,19)20)15(18)17-13-4-3-7-21-14-8-11(16)5-6-12(13)14/h5-6,8,10,13H,3-4,7,9H2,1-2H3,(H,17,18). The van der Waals surface area contributed by atoms with E-state index in [4.69, 9.17) is 16.3 Å². The molecule has 1 aliphatic heterocycles. The van der Waals surface area contributed by atoms with Crippen molar-refractivity contribution in [2.24, 2.45) is 5.92 Å². The number of benzene rings is 1. The van der Waals surface area contributed by atoms with E-state index >= 15 is 0 Å². The van der Waals surface area contributed by atoms with Gasteiger partial charge in [-0.2, -0.15) is 0 Å². The molecule has 122 valence electrons. The predicted molar refractivity (Wildman–Crippen MR) is 85.9 cm³/mol. The number of halogens is 1. The molecule has 0 spiro atoms. The van der Waals surface area contributed by atoms with Crippen LogP contribution in [0.4, 0.5) is 0 Å². The fourth-order valence-corrected chi connectivity index (χ4v) is 3.76. The Bertz CT molecular complexity index is 660. The smallest absolute Gasteiger partial charge is 0.224 e. The summed E-state index contributed by atoms with van der Waals surface area (Å²) in [4.78, 5) is 12.2. The molecule has 0 aliphatic carbocycles. The Hall–Kier alpha value is -1.27. The summed E-state index contributed by atoms with van der Waals surface area (Å²) in [5.41, 5.74) is 0.877. The van der Waals surface area contributed by atoms with Gasteiger partial charge in [0.25, 0.3) is 0 Å². The van der Waals surface area contributed by atoms with E-state index in [2.05, 4.69) is 5.32 Å². The van der Waals surface area contributed by atoms with Crippen molar-refractivity contribution in [1.29, 1.82) is 0 Å². The minimum Gasteiger partial charge on any atom is -0.493 e. The molecule has 1 aromatic rings. The van der Waals surface area contributed by atoms with Gasteiger partial charge in [0.05, 0.1) is 18.4 Å². The molecule has 1 aliphatic rings. The van der Waals surface area contributed by atoms with E-state index in [0.717, 1.165) is 24.7 Å². The molecule has 7 heteroatoms. The van der Waals surface area contributed by atoms with Crippen molar-refractivity contribution in [3.8, 4) is 5.75 Å². The van der Waals surface area contributed by atoms with Gasteiger partial charge in [0.2, 0.25) is 5.91 Å². The maximum absolute atomic E-state index is 12.2. The van der Waals surface area contributed by atoms with Crippen molar-refractivity contribution >= 4 is 27.3 Å². The van der Waals surface area contributed by atoms with Gasteiger partial charge in [-0.1, -0.05) is 24.6 Å². The highest BCUT2D eigenvalue weighted by Crippen LogP contribution is 2.33. The van der Waals surface area contributed by atoms with E-state index in [-0.39, 0.29) is 17.7 Å². The molecule has 0 radical (unpaired) electrons. The number of ether oxygens (including phenoxy) is 1. The molecule has 1 N–H and O–H groups in total. The highest BCUT2D eigenvalue weighted by Gasteiger charge is 2.25. The lowest BCUT2D eigenvalue weighted by Crippen LogP contribution is -2.35. The first kappa shape index (κ1) is 17.1. The Labute approximate surface area is 135 Å². The molecule has 2 rings (SSSR count). The lowest BCUT2D eigenvalue weighted by Gasteiger charge is -2.20. The number of fused-ring (bicyclic) bond motifs is 1. The Morgan fingerprint density at radius 1 is 1.50 bits per heavy atom. The molecule has 0 fully saturated rings. The number of hydrogen-bond donors (Lipinski definition) is 1. The van der Waals surface area contributed by atoms with Crippen LogP contribution in [0.1, 0.15) is 31.4 Å². The lowest BCUT2D eigenvalue weighted by molar-refractivity contribution is -0.124. The van der Waals surface area contributed by atoms with E-state index < -0.39 is 15.8 Å². The van der Waals surface area contributed by atoms with Crippen LogP contribution < -0.4 is 10.1 Å². The van der Waals surface area contributed by atoms with Crippen molar-refractivity contribution in [3.05, 3.63) is 28.8 Å². The number of carbonyl (C=O) groups is 1. The first-order valence-electron chi connectivity index (χ1n) is 7.16. The van der Waals surface area contributed by atoms with Crippen LogP contribution in [0.3, 0.4) is 0 Å². The minimum absolute atomic E-state index is 0.157. The zero-order valence-corrected chi connectivity index (χ0v) is 14.2. The predicted octanol–water partition coefficient (Wildman–Crippen LogP) is 2.35. The Morgan fingerprint density at radius 3 is 2.91 bits per heavy atom. The number of nitrogens with one attached hydrogen (secondary N) is 1. The molecule has 1 amide bonds. The highest BCUT2D eigenvalue weighted by molar-refractivity contribution is 7.90. The fourth-order valence-electron chi connectivity index (χ4n) is 2.54. The van der Waals surface area contributed by atoms with Crippen LogP contribution in [0.5, 0.6) is 5.75 Å². The average molecular weight is 346 g/mol. The summed E-state index contributed by atoms with van der Waals surface area (Å²) in [5.74, 6) is -0.338. The molecule has 0 saturated heterocycles. The number of carbonyl (C=O) groups excluding carboxylic acids is 1. The van der Waals surface area contributed by atoms with Gasteiger partial charge < -0.3 is 10.1 Å². The summed E-state index contributed by atoms with van der Waals surface area (Å²) in [5, 5.41) is 3.51. The van der Waals surface area contributed by atoms with Crippen LogP contribution in [0.2, 0.25) is 5.02 Å². The molecule has 5 nitrogen and oxygen atoms in total. The van der Waals surface area contributed by atoms with E-state index in [9.17, 15) is 13.2 Å². The topological polar surface area (TPSA) is 72.5 Å². The monoisotopic (exact) mass is 345 g/mol. The quantitative estimate of drug-likeness (QED) is 0.909. The second-order valence-electron chi connectivity index (χ2n) is 5.73. The lowest BCUT2D eigenvalue weighted by atomic mass is 10.0. The van der Waals surface area contributed by atoms with E-state index in [1.54, 1.807) is 19.1 Å². The van der Waals surface area contributed by atoms with Gasteiger partial charge in [-0.3, -0.25) is 4.79 Å². The van der Waals surface area contributed by atoms with Gasteiger partial charge in [-0.05, 0) is 25.0 Å². The van der Waals surface area contributed by atoms with E-state index in [0.29, 0.717) is 17.4 Å². The van der Waals surface area contributed by atoms with Crippen LogP contribution in [0.15, 0.2) is 18.2 Å². The van der Waals surface area contributed by atoms with Gasteiger partial charge >= 0.3 is 0 Å². The summed E-state index contributed by atoms with van der Waals surface area (Å²) in [7, 11) is -3.19. The van der Waals surface area contributed by atoms with Crippen LogP contribution in [0, 0.1) is 5.92 Å². The normalized spacial score (nSPS) is 19.5. The average Bonchev–Trinajstić information content (AvgIpc) is 2.59. The molecule has 0 aromatic heterocycles. The first-order chi connectivity index (χ1) is 10.3. The Morgan fingerprint density at radius 2 is 2.23 bits per heavy atom. The third-order valence-corrected chi connectivity index (χ3v) is 4.90. The molecule has 0 bridgehead atoms. The summed E-state index contributed by atoms with van der Waals surface area (Å²) in [6, 6.07) is 5.15. The number of hydrogen-bond acceptors (Lipinski definition) is 4. The summed E-state index contributed by atoms with van der Waals surface area (Å²) >= 11 is 5.97. The Kier molecular flexibility index (Phi) is 5.34. The number of amides is 1. The van der Waals surface area contributed by atoms with Gasteiger partial charge in [0, 0.05) is 22.8 Å². The van der Waals surface area contributed by atoms with Gasteiger partial charge in [0.15, 0.2) is 0 Å². The van der Waals surface area contributed by atoms with Gasteiger partial charge in [0.1, 0.15) is 15.6 Å². The second-order valence-corrected chi connectivity index (χ2v) is 8.35. The van der Waals surface area contributed by atoms with E-state index in [1.807, 2.05) is 6.07 Å². The molecule has 2 unspecified atom stereocenters. The van der Waals surface area contributed by atoms with Crippen molar-refractivity contribution in [2.75, 3.05) is 18.6 Å². The summed E-state index contributed by atoms with van der Waals surface area (Å²) in [6.07, 6.45) is 2.68. The first-order valence-corrected chi connectivity index (χ1v) is 9.60. The van der Waals surface area contributed by atoms with Crippen LogP contribution >= 0.6 is 11.6 Å². The molecule has 1 heterocycles. The molecule has 2 atom stereocenters. The van der Waals surface area contributed by atoms with Crippen LogP contribution in [0.25, 0.3) is 0 Å². The van der Waals surface area contributed by atoms with Crippen molar-refractivity contribution in [3.63, 3.8) is 0 Å². The second kappa shape index (κ2) is 6.87. The summed E-state index contributed by atoms with van der Waals surface area (Å²) < 4.78 is 28.3. The molecule has 22 heavy (non-hydrogen) atoms. The minimum atomic E-state index is -3.19.